The van der Waals surface area contributed by atoms with E-state index in [1.807, 2.05) is 13.0 Å². The van der Waals surface area contributed by atoms with Crippen molar-refractivity contribution in [2.45, 2.75) is 13.3 Å². The molecule has 1 aromatic heterocycles. The highest BCUT2D eigenvalue weighted by Crippen LogP contribution is 1.93. The Morgan fingerprint density at radius 3 is 2.82 bits per heavy atom. The van der Waals surface area contributed by atoms with Crippen LogP contribution >= 0.6 is 0 Å². The van der Waals surface area contributed by atoms with Gasteiger partial charge in [0.2, 0.25) is 0 Å². The number of rotatable bonds is 2. The molecule has 2 N–H and O–H groups in total. The molecule has 0 aliphatic rings. The van der Waals surface area contributed by atoms with Gasteiger partial charge in [-0.25, -0.2) is 0 Å². The van der Waals surface area contributed by atoms with E-state index in [-0.39, 0.29) is 0 Å². The molecule has 0 fully saturated rings. The molecule has 11 heavy (non-hydrogen) atoms. The van der Waals surface area contributed by atoms with Crippen molar-refractivity contribution in [2.75, 3.05) is 0 Å². The van der Waals surface area contributed by atoms with E-state index in [0.717, 1.165) is 18.3 Å². The van der Waals surface area contributed by atoms with Crippen molar-refractivity contribution in [3.63, 3.8) is 0 Å². The van der Waals surface area contributed by atoms with Gasteiger partial charge in [-0.15, -0.1) is 0 Å². The molecule has 3 heteroatoms. The SMILES string of the molecule is CCc1ccc(=N)n(C=N)c1. The number of nitrogens with zero attached hydrogens (tertiary/aromatic N) is 1. The molecule has 3 nitrogen and oxygen atoms in total. The fraction of sp³-hybridized carbons (Fsp3) is 0.250. The van der Waals surface area contributed by atoms with Gasteiger partial charge >= 0.3 is 0 Å². The molecule has 0 unspecified atom stereocenters. The minimum Gasteiger partial charge on any atom is -0.293 e. The standard InChI is InChI=1S/C8H11N3/c1-2-7-3-4-8(10)11(5-7)6-9/h3-6,9-10H,2H2,1H3. The zero-order valence-corrected chi connectivity index (χ0v) is 6.46. The molecule has 0 radical (unpaired) electrons. The third-order valence-corrected chi connectivity index (χ3v) is 1.59. The number of hydrogen-bond donors (Lipinski definition) is 2. The van der Waals surface area contributed by atoms with Gasteiger partial charge < -0.3 is 0 Å². The van der Waals surface area contributed by atoms with Gasteiger partial charge in [0, 0.05) is 6.20 Å². The highest BCUT2D eigenvalue weighted by molar-refractivity contribution is 5.53. The van der Waals surface area contributed by atoms with E-state index in [2.05, 4.69) is 0 Å². The number of hydrogen-bond acceptors (Lipinski definition) is 2. The third kappa shape index (κ3) is 1.55. The molecule has 1 aromatic rings. The summed E-state index contributed by atoms with van der Waals surface area (Å²) in [5.74, 6) is 0. The average Bonchev–Trinajstić information content (AvgIpc) is 2.05. The molecule has 0 bridgehead atoms. The van der Waals surface area contributed by atoms with Crippen molar-refractivity contribution < 1.29 is 0 Å². The van der Waals surface area contributed by atoms with E-state index in [1.54, 1.807) is 12.3 Å². The van der Waals surface area contributed by atoms with Gasteiger partial charge in [-0.2, -0.15) is 0 Å². The molecular weight excluding hydrogens is 138 g/mol. The fourth-order valence-electron chi connectivity index (χ4n) is 0.879. The zero-order valence-electron chi connectivity index (χ0n) is 6.46. The van der Waals surface area contributed by atoms with Gasteiger partial charge in [0.15, 0.2) is 0 Å². The van der Waals surface area contributed by atoms with Crippen LogP contribution in [-0.4, -0.2) is 10.9 Å². The first-order chi connectivity index (χ1) is 5.27. The third-order valence-electron chi connectivity index (χ3n) is 1.59. The Balaban J connectivity index is 3.23. The smallest absolute Gasteiger partial charge is 0.129 e. The van der Waals surface area contributed by atoms with Gasteiger partial charge in [0.05, 0.1) is 6.34 Å². The van der Waals surface area contributed by atoms with Crippen molar-refractivity contribution in [1.29, 1.82) is 10.8 Å². The lowest BCUT2D eigenvalue weighted by atomic mass is 10.2. The lowest BCUT2D eigenvalue weighted by Crippen LogP contribution is -2.17. The van der Waals surface area contributed by atoms with Gasteiger partial charge in [-0.1, -0.05) is 13.0 Å². The van der Waals surface area contributed by atoms with Gasteiger partial charge in [-0.05, 0) is 18.1 Å². The molecule has 0 atom stereocenters. The minimum absolute atomic E-state index is 0.345. The molecule has 1 heterocycles. The zero-order chi connectivity index (χ0) is 8.27. The Hall–Kier alpha value is -1.38. The van der Waals surface area contributed by atoms with Gasteiger partial charge in [0.1, 0.15) is 5.49 Å². The average molecular weight is 149 g/mol. The van der Waals surface area contributed by atoms with Crippen molar-refractivity contribution in [1.82, 2.24) is 4.57 Å². The number of pyridine rings is 1. The van der Waals surface area contributed by atoms with Crippen LogP contribution in [0.15, 0.2) is 18.3 Å². The second-order valence-corrected chi connectivity index (χ2v) is 2.31. The lowest BCUT2D eigenvalue weighted by molar-refractivity contribution is 0.954. The van der Waals surface area contributed by atoms with Crippen molar-refractivity contribution in [3.05, 3.63) is 29.4 Å². The lowest BCUT2D eigenvalue weighted by Gasteiger charge is -2.00. The predicted molar refractivity (Wildman–Crippen MR) is 43.8 cm³/mol. The first kappa shape index (κ1) is 7.72. The van der Waals surface area contributed by atoms with Crippen LogP contribution in [0.2, 0.25) is 0 Å². The van der Waals surface area contributed by atoms with Crippen LogP contribution in [0.4, 0.5) is 0 Å². The Kier molecular flexibility index (Phi) is 2.21. The van der Waals surface area contributed by atoms with Crippen molar-refractivity contribution in [3.8, 4) is 0 Å². The summed E-state index contributed by atoms with van der Waals surface area (Å²) in [4.78, 5) is 0. The Labute approximate surface area is 65.3 Å². The maximum absolute atomic E-state index is 7.35. The van der Waals surface area contributed by atoms with Crippen LogP contribution in [0, 0.1) is 10.8 Å². The summed E-state index contributed by atoms with van der Waals surface area (Å²) in [5.41, 5.74) is 1.49. The maximum atomic E-state index is 7.35. The van der Waals surface area contributed by atoms with E-state index in [9.17, 15) is 0 Å². The van der Waals surface area contributed by atoms with E-state index in [4.69, 9.17) is 10.8 Å². The molecule has 0 aliphatic heterocycles. The first-order valence-electron chi connectivity index (χ1n) is 3.54. The number of nitrogens with one attached hydrogen (secondary N) is 2. The Morgan fingerprint density at radius 1 is 1.55 bits per heavy atom. The highest BCUT2D eigenvalue weighted by atomic mass is 15.0. The summed E-state index contributed by atoms with van der Waals surface area (Å²) < 4.78 is 1.48. The molecule has 0 saturated carbocycles. The van der Waals surface area contributed by atoms with E-state index < -0.39 is 0 Å². The topological polar surface area (TPSA) is 52.6 Å². The second-order valence-electron chi connectivity index (χ2n) is 2.31. The van der Waals surface area contributed by atoms with Crippen molar-refractivity contribution >= 4 is 6.34 Å². The molecule has 1 rings (SSSR count). The van der Waals surface area contributed by atoms with Crippen LogP contribution in [-0.2, 0) is 6.42 Å². The quantitative estimate of drug-likeness (QED) is 0.465. The van der Waals surface area contributed by atoms with Crippen LogP contribution in [0.5, 0.6) is 0 Å². The minimum atomic E-state index is 0.345. The second kappa shape index (κ2) is 3.14. The van der Waals surface area contributed by atoms with Crippen LogP contribution in [0.1, 0.15) is 12.5 Å². The van der Waals surface area contributed by atoms with Gasteiger partial charge in [-0.3, -0.25) is 15.4 Å². The number of aryl methyl sites for hydroxylation is 1. The summed E-state index contributed by atoms with van der Waals surface area (Å²) in [7, 11) is 0. The monoisotopic (exact) mass is 149 g/mol. The predicted octanol–water partition coefficient (Wildman–Crippen LogP) is 0.985. The summed E-state index contributed by atoms with van der Waals surface area (Å²) in [6.45, 7) is 2.05. The van der Waals surface area contributed by atoms with Gasteiger partial charge in [0.25, 0.3) is 0 Å². The first-order valence-corrected chi connectivity index (χ1v) is 3.54. The largest absolute Gasteiger partial charge is 0.293 e. The fourth-order valence-corrected chi connectivity index (χ4v) is 0.879. The summed E-state index contributed by atoms with van der Waals surface area (Å²) in [6.07, 6.45) is 3.88. The molecule has 58 valence electrons. The normalized spacial score (nSPS) is 9.55. The molecule has 0 spiro atoms. The van der Waals surface area contributed by atoms with E-state index in [0.29, 0.717) is 5.49 Å². The van der Waals surface area contributed by atoms with Crippen LogP contribution in [0.3, 0.4) is 0 Å². The van der Waals surface area contributed by atoms with Crippen LogP contribution < -0.4 is 5.49 Å². The van der Waals surface area contributed by atoms with E-state index >= 15 is 0 Å². The number of aromatic nitrogens is 1. The molecule has 0 saturated heterocycles. The molecule has 0 aromatic carbocycles. The summed E-state index contributed by atoms with van der Waals surface area (Å²) in [5, 5.41) is 14.3. The summed E-state index contributed by atoms with van der Waals surface area (Å²) in [6, 6.07) is 3.60. The summed E-state index contributed by atoms with van der Waals surface area (Å²) >= 11 is 0. The van der Waals surface area contributed by atoms with Crippen molar-refractivity contribution in [2.24, 2.45) is 0 Å². The molecule has 0 aliphatic carbocycles. The maximum Gasteiger partial charge on any atom is 0.129 e. The van der Waals surface area contributed by atoms with E-state index in [1.165, 1.54) is 4.57 Å². The molecular formula is C8H11N3. The Morgan fingerprint density at radius 2 is 2.27 bits per heavy atom. The Bertz CT molecular complexity index is 311. The highest BCUT2D eigenvalue weighted by Gasteiger charge is 1.90. The van der Waals surface area contributed by atoms with Crippen LogP contribution in [0.25, 0.3) is 0 Å². The molecule has 0 amide bonds.